The Labute approximate surface area is 187 Å². The summed E-state index contributed by atoms with van der Waals surface area (Å²) < 4.78 is 38.4. The lowest BCUT2D eigenvalue weighted by molar-refractivity contribution is -0.118. The lowest BCUT2D eigenvalue weighted by atomic mass is 10.1. The normalized spacial score (nSPS) is 18.4. The Morgan fingerprint density at radius 3 is 2.72 bits per heavy atom. The van der Waals surface area contributed by atoms with Crippen LogP contribution in [0.2, 0.25) is 5.02 Å². The standard InChI is InChI=1S/C22H20ClF2N3O4/c23-17-3-14(27-6-13(24)7-27)2-1-12(17)10-31-15-8-28(9-15)22(30)16-4-19-20(5-18(16)25)32-11-21(29)26-19/h1-5,13,15H,6-11H2,(H,26,29). The van der Waals surface area contributed by atoms with Gasteiger partial charge in [0.1, 0.15) is 17.7 Å². The minimum Gasteiger partial charge on any atom is -0.481 e. The molecule has 2 saturated heterocycles. The van der Waals surface area contributed by atoms with Crippen LogP contribution in [-0.4, -0.2) is 61.8 Å². The molecule has 0 bridgehead atoms. The van der Waals surface area contributed by atoms with Gasteiger partial charge in [-0.2, -0.15) is 0 Å². The number of carbonyl (C=O) groups excluding carboxylic acids is 2. The maximum absolute atomic E-state index is 14.4. The molecule has 2 amide bonds. The molecule has 0 spiro atoms. The smallest absolute Gasteiger partial charge is 0.262 e. The third-order valence-corrected chi connectivity index (χ3v) is 6.13. The summed E-state index contributed by atoms with van der Waals surface area (Å²) >= 11 is 6.33. The third kappa shape index (κ3) is 3.98. The van der Waals surface area contributed by atoms with E-state index in [0.29, 0.717) is 31.2 Å². The summed E-state index contributed by atoms with van der Waals surface area (Å²) in [5.41, 5.74) is 1.82. The van der Waals surface area contributed by atoms with Crippen LogP contribution in [0.4, 0.5) is 20.2 Å². The van der Waals surface area contributed by atoms with Crippen LogP contribution in [-0.2, 0) is 16.1 Å². The first-order valence-corrected chi connectivity index (χ1v) is 10.6. The monoisotopic (exact) mass is 463 g/mol. The van der Waals surface area contributed by atoms with Crippen LogP contribution in [0, 0.1) is 5.82 Å². The second-order valence-corrected chi connectivity index (χ2v) is 8.49. The number of nitrogens with zero attached hydrogens (tertiary/aromatic N) is 2. The molecule has 5 rings (SSSR count). The van der Waals surface area contributed by atoms with E-state index < -0.39 is 17.9 Å². The van der Waals surface area contributed by atoms with Crippen molar-refractivity contribution >= 4 is 34.8 Å². The molecular weight excluding hydrogens is 444 g/mol. The van der Waals surface area contributed by atoms with Crippen molar-refractivity contribution < 1.29 is 27.8 Å². The quantitative estimate of drug-likeness (QED) is 0.738. The van der Waals surface area contributed by atoms with Gasteiger partial charge in [-0.05, 0) is 23.8 Å². The zero-order chi connectivity index (χ0) is 22.4. The van der Waals surface area contributed by atoms with Crippen LogP contribution in [0.3, 0.4) is 0 Å². The fourth-order valence-corrected chi connectivity index (χ4v) is 4.07. The number of hydrogen-bond donors (Lipinski definition) is 1. The van der Waals surface area contributed by atoms with E-state index in [1.807, 2.05) is 17.0 Å². The second-order valence-electron chi connectivity index (χ2n) is 8.09. The van der Waals surface area contributed by atoms with Crippen molar-refractivity contribution in [2.75, 3.05) is 43.0 Å². The number of carbonyl (C=O) groups is 2. The minimum absolute atomic E-state index is 0.131. The van der Waals surface area contributed by atoms with Gasteiger partial charge in [0, 0.05) is 29.9 Å². The number of benzene rings is 2. The number of hydrogen-bond acceptors (Lipinski definition) is 5. The molecule has 0 unspecified atom stereocenters. The first kappa shape index (κ1) is 21.0. The summed E-state index contributed by atoms with van der Waals surface area (Å²) in [6, 6.07) is 7.93. The Kier molecular flexibility index (Phi) is 5.38. The van der Waals surface area contributed by atoms with E-state index in [-0.39, 0.29) is 42.2 Å². The summed E-state index contributed by atoms with van der Waals surface area (Å²) in [5.74, 6) is -1.34. The van der Waals surface area contributed by atoms with Crippen molar-refractivity contribution in [3.8, 4) is 5.75 Å². The molecule has 0 atom stereocenters. The molecule has 3 aliphatic heterocycles. The highest BCUT2D eigenvalue weighted by atomic mass is 35.5. The summed E-state index contributed by atoms with van der Waals surface area (Å²) in [5, 5.41) is 3.11. The van der Waals surface area contributed by atoms with Crippen molar-refractivity contribution in [1.82, 2.24) is 4.90 Å². The zero-order valence-corrected chi connectivity index (χ0v) is 17.7. The van der Waals surface area contributed by atoms with E-state index >= 15 is 0 Å². The molecule has 0 radical (unpaired) electrons. The number of ether oxygens (including phenoxy) is 2. The van der Waals surface area contributed by atoms with Crippen molar-refractivity contribution in [2.24, 2.45) is 0 Å². The highest BCUT2D eigenvalue weighted by Gasteiger charge is 2.34. The Bertz CT molecular complexity index is 1090. The Hall–Kier alpha value is -2.91. The molecule has 3 aliphatic rings. The average molecular weight is 464 g/mol. The van der Waals surface area contributed by atoms with Gasteiger partial charge in [-0.25, -0.2) is 8.78 Å². The predicted molar refractivity (Wildman–Crippen MR) is 114 cm³/mol. The number of nitrogens with one attached hydrogen (secondary N) is 1. The van der Waals surface area contributed by atoms with Crippen molar-refractivity contribution in [3.63, 3.8) is 0 Å². The molecule has 1 N–H and O–H groups in total. The highest BCUT2D eigenvalue weighted by molar-refractivity contribution is 6.31. The number of rotatable bonds is 5. The molecule has 168 valence electrons. The maximum atomic E-state index is 14.4. The Balaban J connectivity index is 1.15. The lowest BCUT2D eigenvalue weighted by Crippen LogP contribution is -2.54. The third-order valence-electron chi connectivity index (χ3n) is 5.78. The molecule has 2 fully saturated rings. The van der Waals surface area contributed by atoms with Crippen LogP contribution in [0.5, 0.6) is 5.75 Å². The molecule has 0 aromatic heterocycles. The SMILES string of the molecule is O=C1COc2cc(F)c(C(=O)N3CC(OCc4ccc(N5CC(F)C5)cc4Cl)C3)cc2N1. The van der Waals surface area contributed by atoms with E-state index in [0.717, 1.165) is 17.3 Å². The maximum Gasteiger partial charge on any atom is 0.262 e. The highest BCUT2D eigenvalue weighted by Crippen LogP contribution is 2.32. The van der Waals surface area contributed by atoms with E-state index in [4.69, 9.17) is 21.1 Å². The average Bonchev–Trinajstić information content (AvgIpc) is 2.71. The van der Waals surface area contributed by atoms with Gasteiger partial charge in [0.05, 0.1) is 37.1 Å². The van der Waals surface area contributed by atoms with Gasteiger partial charge in [0.2, 0.25) is 0 Å². The fourth-order valence-electron chi connectivity index (χ4n) is 3.84. The summed E-state index contributed by atoms with van der Waals surface area (Å²) in [7, 11) is 0. The van der Waals surface area contributed by atoms with Gasteiger partial charge in [-0.15, -0.1) is 0 Å². The molecule has 10 heteroatoms. The minimum atomic E-state index is -0.789. The molecule has 0 saturated carbocycles. The van der Waals surface area contributed by atoms with Crippen LogP contribution < -0.4 is 15.0 Å². The zero-order valence-electron chi connectivity index (χ0n) is 16.9. The van der Waals surface area contributed by atoms with Crippen molar-refractivity contribution in [1.29, 1.82) is 0 Å². The first-order valence-electron chi connectivity index (χ1n) is 10.2. The fraction of sp³-hybridized carbons (Fsp3) is 0.364. The van der Waals surface area contributed by atoms with Crippen LogP contribution in [0.15, 0.2) is 30.3 Å². The molecule has 0 aliphatic carbocycles. The molecular formula is C22H20ClF2N3O4. The molecule has 2 aromatic rings. The largest absolute Gasteiger partial charge is 0.481 e. The van der Waals surface area contributed by atoms with Gasteiger partial charge in [-0.1, -0.05) is 17.7 Å². The number of alkyl halides is 1. The second kappa shape index (κ2) is 8.22. The van der Waals surface area contributed by atoms with Crippen molar-refractivity contribution in [2.45, 2.75) is 18.9 Å². The number of anilines is 2. The van der Waals surface area contributed by atoms with Gasteiger partial charge in [0.15, 0.2) is 6.61 Å². The van der Waals surface area contributed by atoms with Crippen LogP contribution in [0.25, 0.3) is 0 Å². The van der Waals surface area contributed by atoms with E-state index in [2.05, 4.69) is 5.32 Å². The van der Waals surface area contributed by atoms with Gasteiger partial charge < -0.3 is 24.6 Å². The number of fused-ring (bicyclic) bond motifs is 1. The summed E-state index contributed by atoms with van der Waals surface area (Å²) in [6.45, 7) is 1.48. The first-order chi connectivity index (χ1) is 15.4. The van der Waals surface area contributed by atoms with E-state index in [9.17, 15) is 18.4 Å². The molecule has 3 heterocycles. The van der Waals surface area contributed by atoms with Gasteiger partial charge in [-0.3, -0.25) is 9.59 Å². The molecule has 2 aromatic carbocycles. The van der Waals surface area contributed by atoms with Crippen LogP contribution >= 0.6 is 11.6 Å². The number of likely N-dealkylation sites (tertiary alicyclic amines) is 1. The topological polar surface area (TPSA) is 71.1 Å². The summed E-state index contributed by atoms with van der Waals surface area (Å²) in [6.07, 6.45) is -0.982. The van der Waals surface area contributed by atoms with E-state index in [1.165, 1.54) is 11.0 Å². The van der Waals surface area contributed by atoms with Gasteiger partial charge in [0.25, 0.3) is 11.8 Å². The van der Waals surface area contributed by atoms with Crippen LogP contribution in [0.1, 0.15) is 15.9 Å². The Morgan fingerprint density at radius 2 is 2.00 bits per heavy atom. The number of halogens is 3. The predicted octanol–water partition coefficient (Wildman–Crippen LogP) is 3.01. The lowest BCUT2D eigenvalue weighted by Gasteiger charge is -2.39. The number of amides is 2. The molecule has 32 heavy (non-hydrogen) atoms. The Morgan fingerprint density at radius 1 is 1.22 bits per heavy atom. The van der Waals surface area contributed by atoms with Gasteiger partial charge >= 0.3 is 0 Å². The van der Waals surface area contributed by atoms with E-state index in [1.54, 1.807) is 6.07 Å². The van der Waals surface area contributed by atoms with Crippen molar-refractivity contribution in [3.05, 3.63) is 52.3 Å². The molecule has 7 nitrogen and oxygen atoms in total. The summed E-state index contributed by atoms with van der Waals surface area (Å²) in [4.78, 5) is 27.5.